The molecule has 0 saturated carbocycles. The monoisotopic (exact) mass is 320 g/mol. The summed E-state index contributed by atoms with van der Waals surface area (Å²) in [6, 6.07) is 7.65. The van der Waals surface area contributed by atoms with E-state index >= 15 is 0 Å². The molecule has 22 heavy (non-hydrogen) atoms. The number of benzene rings is 1. The fourth-order valence-corrected chi connectivity index (χ4v) is 3.66. The van der Waals surface area contributed by atoms with Gasteiger partial charge >= 0.3 is 0 Å². The lowest BCUT2D eigenvalue weighted by Gasteiger charge is -2.24. The molecule has 2 atom stereocenters. The predicted molar refractivity (Wildman–Crippen MR) is 85.8 cm³/mol. The maximum Gasteiger partial charge on any atom is 0.228 e. The summed E-state index contributed by atoms with van der Waals surface area (Å²) >= 11 is 5.96. The smallest absolute Gasteiger partial charge is 0.228 e. The van der Waals surface area contributed by atoms with Gasteiger partial charge in [-0.25, -0.2) is 0 Å². The first-order chi connectivity index (χ1) is 10.6. The number of hydrogen-bond acceptors (Lipinski definition) is 2. The predicted octanol–water partition coefficient (Wildman–Crippen LogP) is 2.52. The third-order valence-corrected chi connectivity index (χ3v) is 5.05. The van der Waals surface area contributed by atoms with Crippen LogP contribution in [0, 0.1) is 5.92 Å². The summed E-state index contributed by atoms with van der Waals surface area (Å²) in [4.78, 5) is 28.3. The number of halogens is 1. The van der Waals surface area contributed by atoms with Gasteiger partial charge in [-0.1, -0.05) is 23.7 Å². The van der Waals surface area contributed by atoms with Crippen molar-refractivity contribution < 1.29 is 9.59 Å². The van der Waals surface area contributed by atoms with Crippen molar-refractivity contribution in [3.8, 4) is 0 Å². The number of hydrogen-bond donors (Lipinski definition) is 0. The maximum atomic E-state index is 12.8. The van der Waals surface area contributed by atoms with Crippen LogP contribution < -0.4 is 0 Å². The highest BCUT2D eigenvalue weighted by Gasteiger charge is 2.41. The van der Waals surface area contributed by atoms with E-state index in [9.17, 15) is 9.59 Å². The van der Waals surface area contributed by atoms with Crippen molar-refractivity contribution >= 4 is 23.4 Å². The van der Waals surface area contributed by atoms with Crippen LogP contribution >= 0.6 is 11.6 Å². The average molecular weight is 321 g/mol. The van der Waals surface area contributed by atoms with Gasteiger partial charge in [-0.05, 0) is 30.5 Å². The Morgan fingerprint density at radius 3 is 2.27 bits per heavy atom. The average Bonchev–Trinajstić information content (AvgIpc) is 3.17. The van der Waals surface area contributed by atoms with Gasteiger partial charge in [0.1, 0.15) is 0 Å². The molecule has 2 saturated heterocycles. The lowest BCUT2D eigenvalue weighted by Crippen LogP contribution is -2.37. The van der Waals surface area contributed by atoms with E-state index in [4.69, 9.17) is 11.6 Å². The Labute approximate surface area is 136 Å². The van der Waals surface area contributed by atoms with E-state index in [0.29, 0.717) is 18.1 Å². The first-order valence-corrected chi connectivity index (χ1v) is 8.24. The second-order valence-corrected chi connectivity index (χ2v) is 6.66. The summed E-state index contributed by atoms with van der Waals surface area (Å²) in [6.45, 7) is 4.41. The SMILES string of the molecule is CC(=O)N1CC(c2ccc(Cl)cc2)[C@H](C(=O)N2CCCC2)C1. The van der Waals surface area contributed by atoms with Crippen LogP contribution in [0.1, 0.15) is 31.2 Å². The Kier molecular flexibility index (Phi) is 4.39. The van der Waals surface area contributed by atoms with Crippen LogP contribution in [0.5, 0.6) is 0 Å². The largest absolute Gasteiger partial charge is 0.342 e. The Balaban J connectivity index is 1.85. The van der Waals surface area contributed by atoms with Crippen molar-refractivity contribution in [1.82, 2.24) is 9.80 Å². The van der Waals surface area contributed by atoms with Crippen molar-refractivity contribution in [2.45, 2.75) is 25.7 Å². The quantitative estimate of drug-likeness (QED) is 0.840. The van der Waals surface area contributed by atoms with E-state index in [2.05, 4.69) is 0 Å². The van der Waals surface area contributed by atoms with Crippen LogP contribution in [0.15, 0.2) is 24.3 Å². The second-order valence-electron chi connectivity index (χ2n) is 6.22. The summed E-state index contributed by atoms with van der Waals surface area (Å²) in [5.74, 6) is 0.161. The summed E-state index contributed by atoms with van der Waals surface area (Å²) in [6.07, 6.45) is 2.17. The van der Waals surface area contributed by atoms with Crippen molar-refractivity contribution in [3.63, 3.8) is 0 Å². The number of amides is 2. The Morgan fingerprint density at radius 2 is 1.68 bits per heavy atom. The molecule has 5 heteroatoms. The zero-order valence-corrected chi connectivity index (χ0v) is 13.6. The first kappa shape index (κ1) is 15.3. The van der Waals surface area contributed by atoms with Gasteiger partial charge in [-0.2, -0.15) is 0 Å². The maximum absolute atomic E-state index is 12.8. The standard InChI is InChI=1S/C17H21ClN2O2/c1-12(21)20-10-15(13-4-6-14(18)7-5-13)16(11-20)17(22)19-8-2-3-9-19/h4-7,15-16H,2-3,8-11H2,1H3/t15?,16-/m1/s1. The molecule has 1 unspecified atom stereocenters. The highest BCUT2D eigenvalue weighted by molar-refractivity contribution is 6.30. The first-order valence-electron chi connectivity index (χ1n) is 7.86. The molecule has 118 valence electrons. The third-order valence-electron chi connectivity index (χ3n) is 4.80. The molecule has 2 aliphatic heterocycles. The molecule has 0 aromatic heterocycles. The topological polar surface area (TPSA) is 40.6 Å². The minimum atomic E-state index is -0.136. The zero-order chi connectivity index (χ0) is 15.7. The van der Waals surface area contributed by atoms with E-state index in [1.807, 2.05) is 29.2 Å². The Morgan fingerprint density at radius 1 is 1.05 bits per heavy atom. The van der Waals surface area contributed by atoms with Crippen LogP contribution in [0.3, 0.4) is 0 Å². The van der Waals surface area contributed by atoms with Gasteiger partial charge in [0.15, 0.2) is 0 Å². The van der Waals surface area contributed by atoms with E-state index in [1.165, 1.54) is 0 Å². The highest BCUT2D eigenvalue weighted by atomic mass is 35.5. The summed E-state index contributed by atoms with van der Waals surface area (Å²) in [7, 11) is 0. The van der Waals surface area contributed by atoms with Gasteiger partial charge < -0.3 is 9.80 Å². The van der Waals surface area contributed by atoms with Crippen LogP contribution in [-0.2, 0) is 9.59 Å². The minimum Gasteiger partial charge on any atom is -0.342 e. The Hall–Kier alpha value is -1.55. The van der Waals surface area contributed by atoms with E-state index in [-0.39, 0.29) is 23.7 Å². The van der Waals surface area contributed by atoms with Crippen LogP contribution in [0.4, 0.5) is 0 Å². The summed E-state index contributed by atoms with van der Waals surface area (Å²) in [5, 5.41) is 0.688. The molecule has 0 aliphatic carbocycles. The van der Waals surface area contributed by atoms with E-state index < -0.39 is 0 Å². The Bertz CT molecular complexity index is 567. The molecular weight excluding hydrogens is 300 g/mol. The highest BCUT2D eigenvalue weighted by Crippen LogP contribution is 2.35. The lowest BCUT2D eigenvalue weighted by atomic mass is 9.88. The number of nitrogens with zero attached hydrogens (tertiary/aromatic N) is 2. The van der Waals surface area contributed by atoms with Crippen molar-refractivity contribution in [2.24, 2.45) is 5.92 Å². The molecule has 2 aliphatic rings. The summed E-state index contributed by atoms with van der Waals surface area (Å²) < 4.78 is 0. The molecule has 0 spiro atoms. The van der Waals surface area contributed by atoms with Crippen molar-refractivity contribution in [3.05, 3.63) is 34.9 Å². The van der Waals surface area contributed by atoms with E-state index in [0.717, 1.165) is 31.5 Å². The fraction of sp³-hybridized carbons (Fsp3) is 0.529. The molecule has 3 rings (SSSR count). The van der Waals surface area contributed by atoms with Crippen LogP contribution in [-0.4, -0.2) is 47.8 Å². The molecule has 4 nitrogen and oxygen atoms in total. The molecule has 0 N–H and O–H groups in total. The van der Waals surface area contributed by atoms with Gasteiger partial charge in [-0.15, -0.1) is 0 Å². The lowest BCUT2D eigenvalue weighted by molar-refractivity contribution is -0.134. The van der Waals surface area contributed by atoms with Crippen molar-refractivity contribution in [2.75, 3.05) is 26.2 Å². The molecule has 2 heterocycles. The van der Waals surface area contributed by atoms with Gasteiger partial charge in [-0.3, -0.25) is 9.59 Å². The number of carbonyl (C=O) groups excluding carboxylic acids is 2. The van der Waals surface area contributed by atoms with Crippen LogP contribution in [0.25, 0.3) is 0 Å². The molecule has 0 radical (unpaired) electrons. The molecule has 1 aromatic carbocycles. The van der Waals surface area contributed by atoms with Crippen molar-refractivity contribution in [1.29, 1.82) is 0 Å². The van der Waals surface area contributed by atoms with Gasteiger partial charge in [0.2, 0.25) is 11.8 Å². The normalized spacial score (nSPS) is 24.8. The number of likely N-dealkylation sites (tertiary alicyclic amines) is 2. The minimum absolute atomic E-state index is 0.0377. The third kappa shape index (κ3) is 2.98. The van der Waals surface area contributed by atoms with E-state index in [1.54, 1.807) is 11.8 Å². The molecular formula is C17H21ClN2O2. The number of rotatable bonds is 2. The second kappa shape index (κ2) is 6.29. The van der Waals surface area contributed by atoms with Gasteiger partial charge in [0, 0.05) is 44.0 Å². The molecule has 0 bridgehead atoms. The summed E-state index contributed by atoms with van der Waals surface area (Å²) in [5.41, 5.74) is 1.09. The van der Waals surface area contributed by atoms with Crippen LogP contribution in [0.2, 0.25) is 5.02 Å². The molecule has 2 fully saturated rings. The molecule has 2 amide bonds. The molecule has 1 aromatic rings. The number of carbonyl (C=O) groups is 2. The fourth-order valence-electron chi connectivity index (χ4n) is 3.53. The van der Waals surface area contributed by atoms with Gasteiger partial charge in [0.05, 0.1) is 5.92 Å². The van der Waals surface area contributed by atoms with Gasteiger partial charge in [0.25, 0.3) is 0 Å². The zero-order valence-electron chi connectivity index (χ0n) is 12.8.